The molecule has 16 heteroatoms. The number of hydroxylamine groups is 1. The summed E-state index contributed by atoms with van der Waals surface area (Å²) in [7, 11) is 0. The van der Waals surface area contributed by atoms with E-state index in [2.05, 4.69) is 24.0 Å². The number of aromatic nitrogens is 3. The van der Waals surface area contributed by atoms with E-state index in [1.807, 2.05) is 5.32 Å². The van der Waals surface area contributed by atoms with Crippen LogP contribution in [0.1, 0.15) is 17.2 Å². The quantitative estimate of drug-likeness (QED) is 0.373. The van der Waals surface area contributed by atoms with Crippen molar-refractivity contribution in [1.29, 1.82) is 0 Å². The molecule has 0 saturated carbocycles. The molecule has 1 aromatic carbocycles. The number of rotatable bonds is 6. The molecule has 0 aliphatic carbocycles. The number of aryl methyl sites for hydroxylation is 2. The molecule has 0 saturated heterocycles. The molecule has 0 aliphatic rings. The molecule has 0 radical (unpaired) electrons. The number of carbonyl (C=O) groups excluding carboxylic acids is 1. The summed E-state index contributed by atoms with van der Waals surface area (Å²) in [5, 5.41) is -2.04. The molecule has 2 aromatic rings. The number of ether oxygens (including phenoxy) is 1. The van der Waals surface area contributed by atoms with Crippen molar-refractivity contribution in [3.63, 3.8) is 0 Å². The zero-order valence-electron chi connectivity index (χ0n) is 14.9. The van der Waals surface area contributed by atoms with Gasteiger partial charge in [0.05, 0.1) is 0 Å². The fraction of sp³-hybridized carbons (Fsp3) is 0.286. The number of halogens is 6. The molecule has 0 spiro atoms. The van der Waals surface area contributed by atoms with Gasteiger partial charge in [0.1, 0.15) is 16.5 Å². The minimum Gasteiger partial charge on any atom is -0.404 e. The van der Waals surface area contributed by atoms with Gasteiger partial charge in [0.2, 0.25) is 22.9 Å². The molecular formula is C14H11ClF5N5O4S. The van der Waals surface area contributed by atoms with Crippen LogP contribution in [0.15, 0.2) is 23.1 Å². The summed E-state index contributed by atoms with van der Waals surface area (Å²) in [5.41, 5.74) is 1.98. The van der Waals surface area contributed by atoms with E-state index in [0.29, 0.717) is 5.56 Å². The molecule has 0 aliphatic heterocycles. The number of urea groups is 1. The first-order chi connectivity index (χ1) is 13.7. The number of nitrogens with one attached hydrogen (secondary N) is 2. The maximum atomic E-state index is 13.1. The van der Waals surface area contributed by atoms with Crippen LogP contribution in [0.5, 0.6) is 5.75 Å². The maximum absolute atomic E-state index is 13.1. The molecule has 2 N–H and O–H groups in total. The van der Waals surface area contributed by atoms with E-state index < -0.39 is 51.3 Å². The van der Waals surface area contributed by atoms with Gasteiger partial charge < -0.3 is 4.74 Å². The first-order valence-electron chi connectivity index (χ1n) is 7.57. The van der Waals surface area contributed by atoms with Crippen LogP contribution in [-0.2, 0) is 20.7 Å². The average Bonchev–Trinajstić information content (AvgIpc) is 2.57. The Bertz CT molecular complexity index is 973. The fourth-order valence-electron chi connectivity index (χ4n) is 1.87. The SMILES string of the molecule is Cc1ccc(S(=O)ONC(=O)Nc2nc(C)nc(C(F)(F)Cl)n2)c(OC(F)(F)F)c1. The third-order valence-electron chi connectivity index (χ3n) is 2.94. The molecule has 1 aromatic heterocycles. The summed E-state index contributed by atoms with van der Waals surface area (Å²) in [6, 6.07) is 2.06. The number of benzene rings is 1. The summed E-state index contributed by atoms with van der Waals surface area (Å²) < 4.78 is 84.1. The highest BCUT2D eigenvalue weighted by molar-refractivity contribution is 7.80. The molecule has 0 fully saturated rings. The number of carbonyl (C=O) groups is 1. The third kappa shape index (κ3) is 7.00. The van der Waals surface area contributed by atoms with Crippen molar-refractivity contribution in [2.24, 2.45) is 0 Å². The zero-order chi connectivity index (χ0) is 22.7. The predicted molar refractivity (Wildman–Crippen MR) is 91.8 cm³/mol. The molecule has 1 heterocycles. The zero-order valence-corrected chi connectivity index (χ0v) is 16.5. The molecule has 0 bridgehead atoms. The summed E-state index contributed by atoms with van der Waals surface area (Å²) in [5.74, 6) is -2.77. The fourth-order valence-corrected chi connectivity index (χ4v) is 2.64. The number of nitrogens with zero attached hydrogens (tertiary/aromatic N) is 3. The normalized spacial score (nSPS) is 12.9. The van der Waals surface area contributed by atoms with E-state index in [4.69, 9.17) is 11.6 Å². The Balaban J connectivity index is 2.07. The van der Waals surface area contributed by atoms with Crippen LogP contribution in [0.25, 0.3) is 0 Å². The lowest BCUT2D eigenvalue weighted by atomic mass is 10.2. The molecule has 164 valence electrons. The van der Waals surface area contributed by atoms with Crippen molar-refractivity contribution in [2.45, 2.75) is 30.5 Å². The minimum absolute atomic E-state index is 0.200. The van der Waals surface area contributed by atoms with Gasteiger partial charge in [-0.1, -0.05) is 6.07 Å². The van der Waals surface area contributed by atoms with E-state index in [1.165, 1.54) is 19.9 Å². The third-order valence-corrected chi connectivity index (χ3v) is 4.04. The van der Waals surface area contributed by atoms with Crippen LogP contribution in [0, 0.1) is 13.8 Å². The summed E-state index contributed by atoms with van der Waals surface area (Å²) in [6.45, 7) is 2.69. The van der Waals surface area contributed by atoms with Crippen molar-refractivity contribution in [2.75, 3.05) is 5.32 Å². The Morgan fingerprint density at radius 2 is 1.80 bits per heavy atom. The van der Waals surface area contributed by atoms with E-state index in [-0.39, 0.29) is 5.82 Å². The Kier molecular flexibility index (Phi) is 7.10. The molecule has 9 nitrogen and oxygen atoms in total. The Labute approximate surface area is 172 Å². The molecule has 2 amide bonds. The van der Waals surface area contributed by atoms with Gasteiger partial charge >= 0.3 is 17.8 Å². The van der Waals surface area contributed by atoms with E-state index in [1.54, 1.807) is 5.48 Å². The summed E-state index contributed by atoms with van der Waals surface area (Å²) in [4.78, 5) is 21.4. The Morgan fingerprint density at radius 3 is 2.40 bits per heavy atom. The number of amides is 2. The van der Waals surface area contributed by atoms with Gasteiger partial charge in [0, 0.05) is 0 Å². The maximum Gasteiger partial charge on any atom is 0.573 e. The second-order valence-corrected chi connectivity index (χ2v) is 6.95. The number of anilines is 1. The number of alkyl halides is 6. The van der Waals surface area contributed by atoms with E-state index >= 15 is 0 Å². The van der Waals surface area contributed by atoms with E-state index in [0.717, 1.165) is 12.1 Å². The molecule has 1 atom stereocenters. The standard InChI is InChI=1S/C14H11ClF5N5O4S/c1-6-3-4-9(8(5-6)28-14(18,19)20)30(27)29-25-12(26)24-11-22-7(2)21-10(23-11)13(15,16)17/h3-5H,1-2H3,(H2,21,22,23,24,25,26). The summed E-state index contributed by atoms with van der Waals surface area (Å²) >= 11 is 2.18. The highest BCUT2D eigenvalue weighted by atomic mass is 35.5. The molecular weight excluding hydrogens is 465 g/mol. The van der Waals surface area contributed by atoms with Crippen LogP contribution in [0.2, 0.25) is 0 Å². The lowest BCUT2D eigenvalue weighted by Gasteiger charge is -2.13. The van der Waals surface area contributed by atoms with E-state index in [9.17, 15) is 31.0 Å². The van der Waals surface area contributed by atoms with Crippen molar-refractivity contribution < 1.29 is 40.0 Å². The highest BCUT2D eigenvalue weighted by Gasteiger charge is 2.34. The topological polar surface area (TPSA) is 115 Å². The smallest absolute Gasteiger partial charge is 0.404 e. The van der Waals surface area contributed by atoms with Gasteiger partial charge in [-0.2, -0.15) is 23.0 Å². The Hall–Kier alpha value is -2.65. The van der Waals surface area contributed by atoms with Crippen molar-refractivity contribution >= 4 is 34.7 Å². The second-order valence-electron chi connectivity index (χ2n) is 5.40. The van der Waals surface area contributed by atoms with Gasteiger partial charge in [0.25, 0.3) is 0 Å². The average molecular weight is 476 g/mol. The van der Waals surface area contributed by atoms with Crippen molar-refractivity contribution in [3.05, 3.63) is 35.4 Å². The summed E-state index contributed by atoms with van der Waals surface area (Å²) in [6.07, 6.45) is -5.06. The van der Waals surface area contributed by atoms with Gasteiger partial charge in [-0.25, -0.2) is 19.5 Å². The van der Waals surface area contributed by atoms with Gasteiger partial charge in [0.15, 0.2) is 0 Å². The van der Waals surface area contributed by atoms with Crippen LogP contribution in [-0.4, -0.2) is 31.6 Å². The van der Waals surface area contributed by atoms with Gasteiger partial charge in [-0.15, -0.1) is 13.2 Å². The lowest BCUT2D eigenvalue weighted by Crippen LogP contribution is -2.31. The second kappa shape index (κ2) is 9.01. The molecule has 2 rings (SSSR count). The number of hydrogen-bond donors (Lipinski definition) is 2. The highest BCUT2D eigenvalue weighted by Crippen LogP contribution is 2.30. The van der Waals surface area contributed by atoms with Crippen LogP contribution >= 0.6 is 11.6 Å². The van der Waals surface area contributed by atoms with Gasteiger partial charge in [-0.3, -0.25) is 5.32 Å². The Morgan fingerprint density at radius 1 is 1.13 bits per heavy atom. The monoisotopic (exact) mass is 475 g/mol. The predicted octanol–water partition coefficient (Wildman–Crippen LogP) is 3.45. The molecule has 30 heavy (non-hydrogen) atoms. The minimum atomic E-state index is -5.06. The van der Waals surface area contributed by atoms with Gasteiger partial charge in [-0.05, 0) is 43.1 Å². The lowest BCUT2D eigenvalue weighted by molar-refractivity contribution is -0.275. The van der Waals surface area contributed by atoms with Crippen LogP contribution in [0.3, 0.4) is 0 Å². The first kappa shape index (κ1) is 23.6. The number of hydrogen-bond acceptors (Lipinski definition) is 7. The van der Waals surface area contributed by atoms with Crippen molar-refractivity contribution in [1.82, 2.24) is 20.4 Å². The van der Waals surface area contributed by atoms with Crippen molar-refractivity contribution in [3.8, 4) is 5.75 Å². The van der Waals surface area contributed by atoms with Crippen LogP contribution < -0.4 is 15.5 Å². The largest absolute Gasteiger partial charge is 0.573 e. The first-order valence-corrected chi connectivity index (χ1v) is 9.02. The van der Waals surface area contributed by atoms with Crippen LogP contribution in [0.4, 0.5) is 32.7 Å². The molecule has 1 unspecified atom stereocenters.